The lowest BCUT2D eigenvalue weighted by molar-refractivity contribution is 0.598. The molecule has 0 radical (unpaired) electrons. The summed E-state index contributed by atoms with van der Waals surface area (Å²) < 4.78 is 23.3. The second-order valence-electron chi connectivity index (χ2n) is 7.71. The molecule has 0 saturated carbocycles. The minimum atomic E-state index is -3.78. The van der Waals surface area contributed by atoms with Crippen LogP contribution < -0.4 is 10.5 Å². The smallest absolute Gasteiger partial charge is 0.238 e. The Bertz CT molecular complexity index is 1560. The number of fused-ring (bicyclic) bond motifs is 1. The molecule has 168 valence electrons. The first-order valence-corrected chi connectivity index (χ1v) is 12.2. The van der Waals surface area contributed by atoms with Gasteiger partial charge in [0.15, 0.2) is 5.82 Å². The van der Waals surface area contributed by atoms with Crippen LogP contribution in [-0.4, -0.2) is 23.4 Å². The number of sulfonamides is 1. The van der Waals surface area contributed by atoms with Crippen molar-refractivity contribution in [2.45, 2.75) is 11.4 Å². The predicted molar refractivity (Wildman–Crippen MR) is 133 cm³/mol. The van der Waals surface area contributed by atoms with E-state index in [2.05, 4.69) is 22.4 Å². The third kappa shape index (κ3) is 4.50. The van der Waals surface area contributed by atoms with E-state index in [4.69, 9.17) is 15.1 Å². The Labute approximate surface area is 197 Å². The van der Waals surface area contributed by atoms with Crippen LogP contribution in [0.1, 0.15) is 5.69 Å². The van der Waals surface area contributed by atoms with Crippen molar-refractivity contribution in [3.05, 3.63) is 103 Å². The maximum atomic E-state index is 11.6. The number of aromatic nitrogens is 3. The number of primary sulfonamides is 1. The Hall–Kier alpha value is -4.14. The van der Waals surface area contributed by atoms with E-state index in [1.165, 1.54) is 12.1 Å². The number of nitrogens with zero attached hydrogens (tertiary/aromatic N) is 3. The van der Waals surface area contributed by atoms with Crippen molar-refractivity contribution in [2.24, 2.45) is 5.14 Å². The molecule has 0 aliphatic heterocycles. The number of hydrogen-bond donors (Lipinski definition) is 2. The fourth-order valence-electron chi connectivity index (χ4n) is 3.77. The number of anilines is 1. The molecule has 3 N–H and O–H groups in total. The molecule has 0 aliphatic carbocycles. The van der Waals surface area contributed by atoms with Crippen LogP contribution in [0.25, 0.3) is 33.4 Å². The van der Waals surface area contributed by atoms with Gasteiger partial charge in [-0.15, -0.1) is 0 Å². The number of pyridine rings is 1. The number of nitrogens with one attached hydrogen (secondary N) is 1. The summed E-state index contributed by atoms with van der Waals surface area (Å²) in [5.74, 6) is 1.14. The molecule has 0 bridgehead atoms. The minimum Gasteiger partial charge on any atom is -0.364 e. The van der Waals surface area contributed by atoms with E-state index in [1.54, 1.807) is 18.3 Å². The van der Waals surface area contributed by atoms with Crippen molar-refractivity contribution < 1.29 is 8.42 Å². The van der Waals surface area contributed by atoms with Gasteiger partial charge in [0.2, 0.25) is 10.0 Å². The molecule has 0 unspecified atom stereocenters. The topological polar surface area (TPSA) is 111 Å². The van der Waals surface area contributed by atoms with Gasteiger partial charge in [-0.1, -0.05) is 48.5 Å². The second-order valence-corrected chi connectivity index (χ2v) is 9.27. The molecule has 0 amide bonds. The summed E-state index contributed by atoms with van der Waals surface area (Å²) in [4.78, 5) is 14.1. The maximum absolute atomic E-state index is 11.6. The largest absolute Gasteiger partial charge is 0.364 e. The van der Waals surface area contributed by atoms with Gasteiger partial charge in [-0.2, -0.15) is 0 Å². The first-order valence-electron chi connectivity index (χ1n) is 10.6. The monoisotopic (exact) mass is 467 g/mol. The zero-order valence-corrected chi connectivity index (χ0v) is 18.9. The van der Waals surface area contributed by atoms with E-state index in [1.807, 2.05) is 54.6 Å². The van der Waals surface area contributed by atoms with Crippen molar-refractivity contribution in [3.63, 3.8) is 0 Å². The van der Waals surface area contributed by atoms with Crippen LogP contribution in [0.4, 0.5) is 5.82 Å². The Balaban J connectivity index is 1.65. The normalized spacial score (nSPS) is 11.4. The molecule has 0 saturated heterocycles. The molecule has 2 aromatic heterocycles. The maximum Gasteiger partial charge on any atom is 0.238 e. The van der Waals surface area contributed by atoms with Crippen LogP contribution >= 0.6 is 0 Å². The molecule has 7 nitrogen and oxygen atoms in total. The fourth-order valence-corrected chi connectivity index (χ4v) is 4.28. The van der Waals surface area contributed by atoms with Crippen LogP contribution in [0.2, 0.25) is 0 Å². The first-order chi connectivity index (χ1) is 16.5. The highest BCUT2D eigenvalue weighted by atomic mass is 32.2. The summed E-state index contributed by atoms with van der Waals surface area (Å²) in [7, 11) is -3.78. The Morgan fingerprint density at radius 2 is 1.53 bits per heavy atom. The lowest BCUT2D eigenvalue weighted by Crippen LogP contribution is -2.11. The Morgan fingerprint density at radius 1 is 0.765 bits per heavy atom. The molecule has 0 fully saturated rings. The third-order valence-electron chi connectivity index (χ3n) is 5.41. The van der Waals surface area contributed by atoms with Gasteiger partial charge in [0.05, 0.1) is 28.0 Å². The van der Waals surface area contributed by atoms with E-state index < -0.39 is 10.0 Å². The molecule has 34 heavy (non-hydrogen) atoms. The van der Waals surface area contributed by atoms with Crippen LogP contribution in [0.15, 0.2) is 102 Å². The zero-order valence-electron chi connectivity index (χ0n) is 18.1. The summed E-state index contributed by atoms with van der Waals surface area (Å²) in [6.45, 7) is 0.486. The van der Waals surface area contributed by atoms with Crippen LogP contribution in [0.5, 0.6) is 0 Å². The molecule has 2 heterocycles. The zero-order chi connectivity index (χ0) is 23.5. The van der Waals surface area contributed by atoms with Gasteiger partial charge in [-0.05, 0) is 53.6 Å². The Kier molecular flexibility index (Phi) is 5.75. The minimum absolute atomic E-state index is 0.0388. The van der Waals surface area contributed by atoms with E-state index in [-0.39, 0.29) is 4.90 Å². The highest BCUT2D eigenvalue weighted by Crippen LogP contribution is 2.34. The number of rotatable bonds is 6. The lowest BCUT2D eigenvalue weighted by Gasteiger charge is -2.14. The second kappa shape index (κ2) is 9.01. The number of hydrogen-bond acceptors (Lipinski definition) is 6. The highest BCUT2D eigenvalue weighted by molar-refractivity contribution is 7.89. The van der Waals surface area contributed by atoms with E-state index in [9.17, 15) is 8.42 Å². The quantitative estimate of drug-likeness (QED) is 0.377. The molecular weight excluding hydrogens is 446 g/mol. The van der Waals surface area contributed by atoms with Crippen LogP contribution in [0, 0.1) is 0 Å². The van der Waals surface area contributed by atoms with Crippen LogP contribution in [-0.2, 0) is 16.6 Å². The standard InChI is InChI=1S/C26H21N5O2S/c27-34(32,33)21-14-12-19(13-15-21)25-30-23-11-6-10-22(18-7-2-1-3-8-18)24(23)26(31-25)29-17-20-9-4-5-16-28-20/h1-16H,17H2,(H2,27,32,33)(H,29,30,31). The molecule has 5 rings (SSSR count). The van der Waals surface area contributed by atoms with Crippen LogP contribution in [0.3, 0.4) is 0 Å². The molecule has 0 aliphatic rings. The predicted octanol–water partition coefficient (Wildman–Crippen LogP) is 4.62. The summed E-state index contributed by atoms with van der Waals surface area (Å²) >= 11 is 0. The first kappa shape index (κ1) is 21.7. The van der Waals surface area contributed by atoms with Gasteiger partial charge in [0.1, 0.15) is 5.82 Å². The lowest BCUT2D eigenvalue weighted by atomic mass is 10.0. The van der Waals surface area contributed by atoms with E-state index in [0.29, 0.717) is 23.8 Å². The molecule has 5 aromatic rings. The van der Waals surface area contributed by atoms with Gasteiger partial charge in [-0.25, -0.2) is 23.5 Å². The van der Waals surface area contributed by atoms with Gasteiger partial charge in [-0.3, -0.25) is 4.98 Å². The molecule has 3 aromatic carbocycles. The van der Waals surface area contributed by atoms with Gasteiger partial charge in [0.25, 0.3) is 0 Å². The molecule has 8 heteroatoms. The molecular formula is C26H21N5O2S. The summed E-state index contributed by atoms with van der Waals surface area (Å²) in [5.41, 5.74) is 4.40. The highest BCUT2D eigenvalue weighted by Gasteiger charge is 2.15. The third-order valence-corrected chi connectivity index (χ3v) is 6.34. The summed E-state index contributed by atoms with van der Waals surface area (Å²) in [6, 6.07) is 28.0. The number of nitrogens with two attached hydrogens (primary N) is 1. The van der Waals surface area contributed by atoms with E-state index >= 15 is 0 Å². The van der Waals surface area contributed by atoms with E-state index in [0.717, 1.165) is 27.7 Å². The van der Waals surface area contributed by atoms with Gasteiger partial charge < -0.3 is 5.32 Å². The van der Waals surface area contributed by atoms with Gasteiger partial charge >= 0.3 is 0 Å². The van der Waals surface area contributed by atoms with Gasteiger partial charge in [0, 0.05) is 11.8 Å². The SMILES string of the molecule is NS(=O)(=O)c1ccc(-c2nc(NCc3ccccn3)c3c(-c4ccccc4)cccc3n2)cc1. The average Bonchev–Trinajstić information content (AvgIpc) is 2.87. The summed E-state index contributed by atoms with van der Waals surface area (Å²) in [6.07, 6.45) is 1.75. The van der Waals surface area contributed by atoms with Crippen molar-refractivity contribution in [3.8, 4) is 22.5 Å². The van der Waals surface area contributed by atoms with Crippen molar-refractivity contribution in [2.75, 3.05) is 5.32 Å². The van der Waals surface area contributed by atoms with Crippen molar-refractivity contribution >= 4 is 26.7 Å². The summed E-state index contributed by atoms with van der Waals surface area (Å²) in [5, 5.41) is 9.56. The fraction of sp³-hybridized carbons (Fsp3) is 0.0385. The number of benzene rings is 3. The Morgan fingerprint density at radius 3 is 2.24 bits per heavy atom. The van der Waals surface area contributed by atoms with Crippen molar-refractivity contribution in [1.29, 1.82) is 0 Å². The average molecular weight is 468 g/mol. The van der Waals surface area contributed by atoms with Crippen molar-refractivity contribution in [1.82, 2.24) is 15.0 Å². The molecule has 0 spiro atoms. The molecule has 0 atom stereocenters.